The van der Waals surface area contributed by atoms with Gasteiger partial charge in [-0.1, -0.05) is 29.8 Å². The molecule has 3 rings (SSSR count). The highest BCUT2D eigenvalue weighted by Gasteiger charge is 2.28. The number of aromatic nitrogens is 2. The number of piperazine rings is 1. The van der Waals surface area contributed by atoms with Gasteiger partial charge in [-0.15, -0.1) is 0 Å². The number of nitrogens with one attached hydrogen (secondary N) is 1. The van der Waals surface area contributed by atoms with Crippen molar-refractivity contribution in [2.24, 2.45) is 0 Å². The van der Waals surface area contributed by atoms with Gasteiger partial charge in [-0.2, -0.15) is 9.29 Å². The first-order valence-electron chi connectivity index (χ1n) is 9.25. The van der Waals surface area contributed by atoms with Gasteiger partial charge in [0.25, 0.3) is 0 Å². The molecule has 1 aromatic carbocycles. The fourth-order valence-corrected chi connectivity index (χ4v) is 4.74. The van der Waals surface area contributed by atoms with Crippen molar-refractivity contribution in [3.05, 3.63) is 47.2 Å². The third-order valence-electron chi connectivity index (χ3n) is 4.55. The molecule has 0 atom stereocenters. The lowest BCUT2D eigenvalue weighted by Gasteiger charge is -2.34. The zero-order chi connectivity index (χ0) is 19.4. The first kappa shape index (κ1) is 19.6. The van der Waals surface area contributed by atoms with Crippen LogP contribution in [-0.2, 0) is 15.8 Å². The average molecular weight is 390 g/mol. The van der Waals surface area contributed by atoms with Gasteiger partial charge in [-0.25, -0.2) is 13.4 Å². The van der Waals surface area contributed by atoms with Crippen molar-refractivity contribution >= 4 is 21.8 Å². The van der Waals surface area contributed by atoms with E-state index in [0.29, 0.717) is 32.1 Å². The van der Waals surface area contributed by atoms with E-state index in [-0.39, 0.29) is 5.75 Å². The Kier molecular flexibility index (Phi) is 5.96. The second-order valence-corrected chi connectivity index (χ2v) is 8.83. The molecule has 0 spiro atoms. The lowest BCUT2D eigenvalue weighted by molar-refractivity contribution is 0.382. The maximum Gasteiger partial charge on any atom is 0.227 e. The second kappa shape index (κ2) is 8.22. The Bertz CT molecular complexity index is 893. The summed E-state index contributed by atoms with van der Waals surface area (Å²) >= 11 is 0. The highest BCUT2D eigenvalue weighted by Crippen LogP contribution is 2.19. The number of hydrogen-bond acceptors (Lipinski definition) is 6. The average Bonchev–Trinajstić information content (AvgIpc) is 2.61. The van der Waals surface area contributed by atoms with Crippen LogP contribution >= 0.6 is 0 Å². The van der Waals surface area contributed by atoms with Gasteiger partial charge in [0.1, 0.15) is 5.82 Å². The van der Waals surface area contributed by atoms with E-state index in [0.717, 1.165) is 29.2 Å². The molecule has 146 valence electrons. The van der Waals surface area contributed by atoms with E-state index in [1.54, 1.807) is 4.31 Å². The van der Waals surface area contributed by atoms with E-state index >= 15 is 0 Å². The van der Waals surface area contributed by atoms with Crippen molar-refractivity contribution in [3.63, 3.8) is 0 Å². The van der Waals surface area contributed by atoms with E-state index in [9.17, 15) is 8.42 Å². The van der Waals surface area contributed by atoms with Crippen LogP contribution in [0.15, 0.2) is 30.3 Å². The summed E-state index contributed by atoms with van der Waals surface area (Å²) in [5.74, 6) is 1.50. The molecule has 0 bridgehead atoms. The summed E-state index contributed by atoms with van der Waals surface area (Å²) in [5.41, 5.74) is 2.79. The molecule has 1 aliphatic rings. The van der Waals surface area contributed by atoms with Crippen LogP contribution in [0.3, 0.4) is 0 Å². The van der Waals surface area contributed by atoms with Crippen molar-refractivity contribution in [1.29, 1.82) is 0 Å². The van der Waals surface area contributed by atoms with Gasteiger partial charge in [0.15, 0.2) is 0 Å². The van der Waals surface area contributed by atoms with Crippen LogP contribution in [0.2, 0.25) is 0 Å². The molecule has 1 aromatic heterocycles. The minimum absolute atomic E-state index is 0.0419. The largest absolute Gasteiger partial charge is 0.370 e. The minimum Gasteiger partial charge on any atom is -0.370 e. The third-order valence-corrected chi connectivity index (χ3v) is 6.40. The Morgan fingerprint density at radius 3 is 2.48 bits per heavy atom. The minimum atomic E-state index is -3.33. The van der Waals surface area contributed by atoms with E-state index in [1.165, 1.54) is 0 Å². The van der Waals surface area contributed by atoms with Crippen molar-refractivity contribution in [3.8, 4) is 0 Å². The van der Waals surface area contributed by atoms with Gasteiger partial charge in [0, 0.05) is 44.5 Å². The highest BCUT2D eigenvalue weighted by atomic mass is 32.2. The molecule has 1 saturated heterocycles. The molecule has 7 nitrogen and oxygen atoms in total. The van der Waals surface area contributed by atoms with Crippen molar-refractivity contribution in [2.45, 2.75) is 26.5 Å². The smallest absolute Gasteiger partial charge is 0.227 e. The number of rotatable bonds is 6. The molecule has 27 heavy (non-hydrogen) atoms. The van der Waals surface area contributed by atoms with Crippen LogP contribution in [0, 0.1) is 13.8 Å². The summed E-state index contributed by atoms with van der Waals surface area (Å²) in [7, 11) is -3.33. The monoisotopic (exact) mass is 389 g/mol. The first-order valence-corrected chi connectivity index (χ1v) is 10.9. The Balaban J connectivity index is 1.66. The molecule has 1 N–H and O–H groups in total. The van der Waals surface area contributed by atoms with Gasteiger partial charge >= 0.3 is 0 Å². The number of nitrogens with zero attached hydrogens (tertiary/aromatic N) is 4. The molecule has 0 amide bonds. The molecular formula is C19H27N5O2S. The Hall–Kier alpha value is -2.19. The standard InChI is InChI=1S/C19H27N5O2S/c1-4-20-18-13-16(3)21-19(22-18)23-8-10-24(11-9-23)27(25,26)14-17-7-5-6-15(2)12-17/h5-7,12-13H,4,8-11,14H2,1-3H3,(H,20,21,22). The molecule has 1 fully saturated rings. The summed E-state index contributed by atoms with van der Waals surface area (Å²) in [5, 5.41) is 3.21. The van der Waals surface area contributed by atoms with Gasteiger partial charge < -0.3 is 10.2 Å². The quantitative estimate of drug-likeness (QED) is 0.816. The van der Waals surface area contributed by atoms with Crippen molar-refractivity contribution in [1.82, 2.24) is 14.3 Å². The van der Waals surface area contributed by atoms with Crippen LogP contribution in [0.4, 0.5) is 11.8 Å². The molecular weight excluding hydrogens is 362 g/mol. The van der Waals surface area contributed by atoms with Crippen LogP contribution in [0.1, 0.15) is 23.7 Å². The first-order chi connectivity index (χ1) is 12.9. The highest BCUT2D eigenvalue weighted by molar-refractivity contribution is 7.88. The van der Waals surface area contributed by atoms with Gasteiger partial charge in [-0.05, 0) is 26.3 Å². The van der Waals surface area contributed by atoms with Gasteiger partial charge in [0.2, 0.25) is 16.0 Å². The van der Waals surface area contributed by atoms with Gasteiger partial charge in [-0.3, -0.25) is 0 Å². The normalized spacial score (nSPS) is 15.7. The summed E-state index contributed by atoms with van der Waals surface area (Å²) in [6.07, 6.45) is 0. The van der Waals surface area contributed by atoms with Crippen LogP contribution in [0.5, 0.6) is 0 Å². The Morgan fingerprint density at radius 1 is 1.07 bits per heavy atom. The second-order valence-electron chi connectivity index (χ2n) is 6.86. The van der Waals surface area contributed by atoms with Crippen LogP contribution in [0.25, 0.3) is 0 Å². The maximum atomic E-state index is 12.8. The topological polar surface area (TPSA) is 78.4 Å². The van der Waals surface area contributed by atoms with Crippen LogP contribution in [-0.4, -0.2) is 55.4 Å². The molecule has 1 aliphatic heterocycles. The number of aryl methyl sites for hydroxylation is 2. The molecule has 8 heteroatoms. The number of benzene rings is 1. The SMILES string of the molecule is CCNc1cc(C)nc(N2CCN(S(=O)(=O)Cc3cccc(C)c3)CC2)n1. The molecule has 0 saturated carbocycles. The number of hydrogen-bond donors (Lipinski definition) is 1. The van der Waals surface area contributed by atoms with E-state index in [1.807, 2.05) is 56.0 Å². The number of anilines is 2. The fraction of sp³-hybridized carbons (Fsp3) is 0.474. The van der Waals surface area contributed by atoms with E-state index < -0.39 is 10.0 Å². The van der Waals surface area contributed by atoms with E-state index in [2.05, 4.69) is 15.3 Å². The number of sulfonamides is 1. The molecule has 0 unspecified atom stereocenters. The lowest BCUT2D eigenvalue weighted by atomic mass is 10.2. The molecule has 2 heterocycles. The summed E-state index contributed by atoms with van der Waals surface area (Å²) in [6.45, 7) is 8.79. The van der Waals surface area contributed by atoms with Gasteiger partial charge in [0.05, 0.1) is 5.75 Å². The summed E-state index contributed by atoms with van der Waals surface area (Å²) < 4.78 is 27.1. The van der Waals surface area contributed by atoms with Crippen molar-refractivity contribution < 1.29 is 8.42 Å². The predicted octanol–water partition coefficient (Wildman–Crippen LogP) is 2.18. The molecule has 2 aromatic rings. The maximum absolute atomic E-state index is 12.8. The zero-order valence-corrected chi connectivity index (χ0v) is 17.0. The predicted molar refractivity (Wildman–Crippen MR) is 109 cm³/mol. The third kappa shape index (κ3) is 4.95. The van der Waals surface area contributed by atoms with Crippen molar-refractivity contribution in [2.75, 3.05) is 42.9 Å². The molecule has 0 radical (unpaired) electrons. The summed E-state index contributed by atoms with van der Waals surface area (Å²) in [4.78, 5) is 11.1. The lowest BCUT2D eigenvalue weighted by Crippen LogP contribution is -2.49. The Morgan fingerprint density at radius 2 is 1.81 bits per heavy atom. The fourth-order valence-electron chi connectivity index (χ4n) is 3.24. The van der Waals surface area contributed by atoms with E-state index in [4.69, 9.17) is 0 Å². The van der Waals surface area contributed by atoms with Crippen LogP contribution < -0.4 is 10.2 Å². The Labute approximate surface area is 161 Å². The zero-order valence-electron chi connectivity index (χ0n) is 16.1. The summed E-state index contributed by atoms with van der Waals surface area (Å²) in [6, 6.07) is 9.57. The molecule has 0 aliphatic carbocycles.